The van der Waals surface area contributed by atoms with Gasteiger partial charge in [0.15, 0.2) is 5.69 Å². The van der Waals surface area contributed by atoms with Gasteiger partial charge >= 0.3 is 0 Å². The van der Waals surface area contributed by atoms with Crippen LogP contribution in [0, 0.1) is 0 Å². The van der Waals surface area contributed by atoms with E-state index in [1.54, 1.807) is 24.3 Å². The monoisotopic (exact) mass is 260 g/mol. The summed E-state index contributed by atoms with van der Waals surface area (Å²) in [6, 6.07) is 6.58. The number of hydrogen-bond donors (Lipinski definition) is 2. The van der Waals surface area contributed by atoms with Crippen molar-refractivity contribution in [1.82, 2.24) is 15.1 Å². The van der Waals surface area contributed by atoms with Crippen molar-refractivity contribution in [2.75, 3.05) is 7.05 Å². The molecule has 3 N–H and O–H groups in total. The molecule has 0 aliphatic heterocycles. The van der Waals surface area contributed by atoms with Crippen LogP contribution in [-0.4, -0.2) is 28.6 Å². The van der Waals surface area contributed by atoms with Crippen LogP contribution >= 0.6 is 0 Å². The molecule has 0 aliphatic carbocycles. The Morgan fingerprint density at radius 3 is 2.53 bits per heavy atom. The summed E-state index contributed by atoms with van der Waals surface area (Å²) in [7, 11) is 1.46. The average molecular weight is 260 g/mol. The van der Waals surface area contributed by atoms with E-state index in [0.29, 0.717) is 10.8 Å². The van der Waals surface area contributed by atoms with E-state index in [4.69, 9.17) is 5.73 Å². The summed E-state index contributed by atoms with van der Waals surface area (Å²) in [6.45, 7) is -0.367. The van der Waals surface area contributed by atoms with Gasteiger partial charge in [-0.15, -0.1) is 0 Å². The van der Waals surface area contributed by atoms with Crippen LogP contribution in [0.3, 0.4) is 0 Å². The molecule has 0 aliphatic rings. The van der Waals surface area contributed by atoms with Crippen molar-refractivity contribution in [2.24, 2.45) is 5.73 Å². The Bertz CT molecular complexity index is 720. The number of amides is 2. The van der Waals surface area contributed by atoms with Gasteiger partial charge in [-0.25, -0.2) is 4.68 Å². The van der Waals surface area contributed by atoms with Crippen molar-refractivity contribution in [1.29, 1.82) is 0 Å². The molecule has 7 heteroatoms. The fraction of sp³-hybridized carbons (Fsp3) is 0.167. The van der Waals surface area contributed by atoms with Crippen LogP contribution in [0.5, 0.6) is 0 Å². The smallest absolute Gasteiger partial charge is 0.275 e. The van der Waals surface area contributed by atoms with Gasteiger partial charge in [0.05, 0.1) is 5.39 Å². The third-order valence-corrected chi connectivity index (χ3v) is 2.62. The van der Waals surface area contributed by atoms with Gasteiger partial charge in [0.1, 0.15) is 6.54 Å². The third-order valence-electron chi connectivity index (χ3n) is 2.62. The van der Waals surface area contributed by atoms with Crippen LogP contribution in [0.15, 0.2) is 29.1 Å². The fourth-order valence-corrected chi connectivity index (χ4v) is 1.78. The number of nitrogens with one attached hydrogen (secondary N) is 1. The van der Waals surface area contributed by atoms with Crippen molar-refractivity contribution >= 4 is 22.6 Å². The van der Waals surface area contributed by atoms with Gasteiger partial charge in [0.2, 0.25) is 5.91 Å². The molecule has 1 heterocycles. The lowest BCUT2D eigenvalue weighted by molar-refractivity contribution is -0.118. The van der Waals surface area contributed by atoms with Crippen LogP contribution in [0.2, 0.25) is 0 Å². The van der Waals surface area contributed by atoms with E-state index in [0.717, 1.165) is 4.68 Å². The maximum absolute atomic E-state index is 12.1. The zero-order valence-corrected chi connectivity index (χ0v) is 10.2. The van der Waals surface area contributed by atoms with Gasteiger partial charge in [-0.3, -0.25) is 14.4 Å². The van der Waals surface area contributed by atoms with Crippen LogP contribution in [0.1, 0.15) is 10.5 Å². The van der Waals surface area contributed by atoms with E-state index in [1.165, 1.54) is 7.05 Å². The SMILES string of the molecule is CNC(=O)c1nn(CC(N)=O)c(=O)c2ccccc12. The molecular formula is C12H12N4O3. The molecule has 2 aromatic rings. The Morgan fingerprint density at radius 1 is 1.32 bits per heavy atom. The lowest BCUT2D eigenvalue weighted by Gasteiger charge is -2.08. The van der Waals surface area contributed by atoms with Gasteiger partial charge in [0.25, 0.3) is 11.5 Å². The highest BCUT2D eigenvalue weighted by atomic mass is 16.2. The summed E-state index contributed by atoms with van der Waals surface area (Å²) < 4.78 is 0.898. The molecule has 2 amide bonds. The molecule has 7 nitrogen and oxygen atoms in total. The van der Waals surface area contributed by atoms with Crippen molar-refractivity contribution in [3.63, 3.8) is 0 Å². The zero-order valence-electron chi connectivity index (χ0n) is 10.2. The highest BCUT2D eigenvalue weighted by Gasteiger charge is 2.15. The summed E-state index contributed by atoms with van der Waals surface area (Å²) in [5, 5.41) is 7.10. The van der Waals surface area contributed by atoms with Crippen molar-refractivity contribution in [3.05, 3.63) is 40.3 Å². The molecule has 1 aromatic carbocycles. The van der Waals surface area contributed by atoms with E-state index in [9.17, 15) is 14.4 Å². The van der Waals surface area contributed by atoms with Crippen molar-refractivity contribution in [3.8, 4) is 0 Å². The Kier molecular flexibility index (Phi) is 3.28. The van der Waals surface area contributed by atoms with Gasteiger partial charge in [0, 0.05) is 12.4 Å². The maximum atomic E-state index is 12.1. The van der Waals surface area contributed by atoms with E-state index >= 15 is 0 Å². The van der Waals surface area contributed by atoms with Crippen LogP contribution in [-0.2, 0) is 11.3 Å². The summed E-state index contributed by atoms with van der Waals surface area (Å²) in [6.07, 6.45) is 0. The lowest BCUT2D eigenvalue weighted by Crippen LogP contribution is -2.33. The second-order valence-electron chi connectivity index (χ2n) is 3.90. The highest BCUT2D eigenvalue weighted by Crippen LogP contribution is 2.12. The molecule has 19 heavy (non-hydrogen) atoms. The van der Waals surface area contributed by atoms with Gasteiger partial charge in [-0.05, 0) is 6.07 Å². The highest BCUT2D eigenvalue weighted by molar-refractivity contribution is 6.04. The van der Waals surface area contributed by atoms with Crippen molar-refractivity contribution in [2.45, 2.75) is 6.54 Å². The van der Waals surface area contributed by atoms with E-state index < -0.39 is 17.4 Å². The predicted molar refractivity (Wildman–Crippen MR) is 68.6 cm³/mol. The molecule has 2 rings (SSSR count). The van der Waals surface area contributed by atoms with Crippen LogP contribution in [0.25, 0.3) is 10.8 Å². The number of rotatable bonds is 3. The quantitative estimate of drug-likeness (QED) is 0.756. The second kappa shape index (κ2) is 4.89. The van der Waals surface area contributed by atoms with E-state index in [2.05, 4.69) is 10.4 Å². The van der Waals surface area contributed by atoms with Crippen molar-refractivity contribution < 1.29 is 9.59 Å². The summed E-state index contributed by atoms with van der Waals surface area (Å²) >= 11 is 0. The minimum absolute atomic E-state index is 0.0824. The largest absolute Gasteiger partial charge is 0.368 e. The molecule has 0 unspecified atom stereocenters. The summed E-state index contributed by atoms with van der Waals surface area (Å²) in [5.41, 5.74) is 4.68. The first-order valence-corrected chi connectivity index (χ1v) is 5.55. The molecule has 0 fully saturated rings. The fourth-order valence-electron chi connectivity index (χ4n) is 1.78. The number of nitrogens with zero attached hydrogens (tertiary/aromatic N) is 2. The molecule has 0 bridgehead atoms. The lowest BCUT2D eigenvalue weighted by atomic mass is 10.1. The standard InChI is InChI=1S/C12H12N4O3/c1-14-11(18)10-7-4-2-3-5-8(7)12(19)16(15-10)6-9(13)17/h2-5H,6H2,1H3,(H2,13,17)(H,14,18). The number of fused-ring (bicyclic) bond motifs is 1. The number of nitrogens with two attached hydrogens (primary N) is 1. The number of primary amides is 1. The Labute approximate surface area is 108 Å². The van der Waals surface area contributed by atoms with Crippen LogP contribution in [0.4, 0.5) is 0 Å². The molecule has 1 aromatic heterocycles. The molecule has 0 saturated carbocycles. The topological polar surface area (TPSA) is 107 Å². The first-order chi connectivity index (χ1) is 9.04. The summed E-state index contributed by atoms with van der Waals surface area (Å²) in [5.74, 6) is -1.14. The number of carbonyl (C=O) groups excluding carboxylic acids is 2. The minimum atomic E-state index is -0.701. The zero-order chi connectivity index (χ0) is 14.0. The van der Waals surface area contributed by atoms with Gasteiger partial charge < -0.3 is 11.1 Å². The van der Waals surface area contributed by atoms with E-state index in [-0.39, 0.29) is 12.2 Å². The maximum Gasteiger partial charge on any atom is 0.275 e. The predicted octanol–water partition coefficient (Wildman–Crippen LogP) is -0.759. The molecule has 0 radical (unpaired) electrons. The normalized spacial score (nSPS) is 10.4. The number of hydrogen-bond acceptors (Lipinski definition) is 4. The average Bonchev–Trinajstić information content (AvgIpc) is 2.40. The van der Waals surface area contributed by atoms with Crippen LogP contribution < -0.4 is 16.6 Å². The Morgan fingerprint density at radius 2 is 1.95 bits per heavy atom. The van der Waals surface area contributed by atoms with Gasteiger partial charge in [-0.2, -0.15) is 5.10 Å². The number of carbonyl (C=O) groups is 2. The Balaban J connectivity index is 2.79. The molecule has 0 saturated heterocycles. The minimum Gasteiger partial charge on any atom is -0.368 e. The first kappa shape index (κ1) is 12.7. The molecule has 98 valence electrons. The van der Waals surface area contributed by atoms with Gasteiger partial charge in [-0.1, -0.05) is 18.2 Å². The Hall–Kier alpha value is -2.70. The first-order valence-electron chi connectivity index (χ1n) is 5.55. The molecule has 0 atom stereocenters. The summed E-state index contributed by atoms with van der Waals surface area (Å²) in [4.78, 5) is 34.8. The van der Waals surface area contributed by atoms with E-state index in [1.807, 2.05) is 0 Å². The molecule has 0 spiro atoms. The third kappa shape index (κ3) is 2.30. The second-order valence-corrected chi connectivity index (χ2v) is 3.90. The number of aromatic nitrogens is 2. The molecular weight excluding hydrogens is 248 g/mol. The number of benzene rings is 1.